The maximum Gasteiger partial charge on any atom is 0.223 e. The molecule has 1 aromatic carbocycles. The first kappa shape index (κ1) is 19.9. The molecule has 0 aromatic heterocycles. The lowest BCUT2D eigenvalue weighted by atomic mass is 9.85. The molecule has 130 valence electrons. The SMILES string of the molecule is CC(O)CC(CNC(=O)C1CCCC(N)C1)c1ccccc1.Cl. The van der Waals surface area contributed by atoms with E-state index in [2.05, 4.69) is 17.4 Å². The first-order valence-corrected chi connectivity index (χ1v) is 8.32. The van der Waals surface area contributed by atoms with Crippen molar-refractivity contribution < 1.29 is 9.90 Å². The maximum atomic E-state index is 12.3. The topological polar surface area (TPSA) is 75.3 Å². The van der Waals surface area contributed by atoms with E-state index >= 15 is 0 Å². The van der Waals surface area contributed by atoms with Crippen LogP contribution in [0, 0.1) is 5.92 Å². The molecule has 4 unspecified atom stereocenters. The Balaban J connectivity index is 0.00000264. The van der Waals surface area contributed by atoms with E-state index in [1.54, 1.807) is 6.92 Å². The average molecular weight is 341 g/mol. The molecule has 1 aliphatic carbocycles. The Morgan fingerprint density at radius 3 is 2.65 bits per heavy atom. The van der Waals surface area contributed by atoms with Gasteiger partial charge in [0.05, 0.1) is 6.10 Å². The molecular weight excluding hydrogens is 312 g/mol. The standard InChI is InChI=1S/C18H28N2O2.ClH/c1-13(21)10-16(14-6-3-2-4-7-14)12-20-18(22)15-8-5-9-17(19)11-15;/h2-4,6-7,13,15-17,21H,5,8-12,19H2,1H3,(H,20,22);1H. The number of benzene rings is 1. The Morgan fingerprint density at radius 2 is 2.04 bits per heavy atom. The summed E-state index contributed by atoms with van der Waals surface area (Å²) in [5.74, 6) is 0.302. The van der Waals surface area contributed by atoms with E-state index < -0.39 is 0 Å². The highest BCUT2D eigenvalue weighted by Crippen LogP contribution is 2.24. The summed E-state index contributed by atoms with van der Waals surface area (Å²) in [7, 11) is 0. The normalized spacial score (nSPS) is 23.4. The van der Waals surface area contributed by atoms with E-state index in [9.17, 15) is 9.90 Å². The van der Waals surface area contributed by atoms with Gasteiger partial charge < -0.3 is 16.2 Å². The lowest BCUT2D eigenvalue weighted by Crippen LogP contribution is -2.39. The molecule has 0 spiro atoms. The molecule has 0 heterocycles. The fourth-order valence-electron chi connectivity index (χ4n) is 3.31. The van der Waals surface area contributed by atoms with Crippen molar-refractivity contribution in [2.75, 3.05) is 6.54 Å². The average Bonchev–Trinajstić information content (AvgIpc) is 2.51. The lowest BCUT2D eigenvalue weighted by molar-refractivity contribution is -0.126. The van der Waals surface area contributed by atoms with E-state index in [0.717, 1.165) is 31.2 Å². The van der Waals surface area contributed by atoms with Gasteiger partial charge in [-0.25, -0.2) is 0 Å². The minimum Gasteiger partial charge on any atom is -0.393 e. The number of carbonyl (C=O) groups is 1. The Kier molecular flexibility index (Phi) is 8.59. The van der Waals surface area contributed by atoms with Gasteiger partial charge in [0.15, 0.2) is 0 Å². The summed E-state index contributed by atoms with van der Waals surface area (Å²) < 4.78 is 0. The third kappa shape index (κ3) is 6.50. The Bertz CT molecular complexity index is 467. The number of nitrogens with two attached hydrogens (primary N) is 1. The molecular formula is C18H29ClN2O2. The van der Waals surface area contributed by atoms with Crippen molar-refractivity contribution in [3.8, 4) is 0 Å². The van der Waals surface area contributed by atoms with Gasteiger partial charge in [0, 0.05) is 24.4 Å². The van der Waals surface area contributed by atoms with Gasteiger partial charge in [-0.1, -0.05) is 36.8 Å². The number of hydrogen-bond acceptors (Lipinski definition) is 3. The smallest absolute Gasteiger partial charge is 0.223 e. The van der Waals surface area contributed by atoms with Gasteiger partial charge in [-0.15, -0.1) is 12.4 Å². The Labute approximate surface area is 145 Å². The summed E-state index contributed by atoms with van der Waals surface area (Å²) in [5, 5.41) is 12.8. The van der Waals surface area contributed by atoms with Crippen molar-refractivity contribution in [2.24, 2.45) is 11.7 Å². The van der Waals surface area contributed by atoms with E-state index in [1.165, 1.54) is 0 Å². The molecule has 4 N–H and O–H groups in total. The predicted octanol–water partition coefficient (Wildman–Crippen LogP) is 2.60. The molecule has 2 rings (SSSR count). The summed E-state index contributed by atoms with van der Waals surface area (Å²) >= 11 is 0. The Morgan fingerprint density at radius 1 is 1.35 bits per heavy atom. The van der Waals surface area contributed by atoms with Crippen LogP contribution in [0.1, 0.15) is 50.5 Å². The monoisotopic (exact) mass is 340 g/mol. The minimum atomic E-state index is -0.384. The highest BCUT2D eigenvalue weighted by molar-refractivity contribution is 5.85. The minimum absolute atomic E-state index is 0. The zero-order valence-electron chi connectivity index (χ0n) is 13.8. The van der Waals surface area contributed by atoms with Gasteiger partial charge in [-0.3, -0.25) is 4.79 Å². The zero-order valence-corrected chi connectivity index (χ0v) is 14.6. The van der Waals surface area contributed by atoms with Crippen molar-refractivity contribution in [2.45, 2.75) is 57.1 Å². The number of halogens is 1. The first-order valence-electron chi connectivity index (χ1n) is 8.32. The molecule has 5 heteroatoms. The molecule has 1 saturated carbocycles. The van der Waals surface area contributed by atoms with Crippen LogP contribution in [-0.2, 0) is 4.79 Å². The van der Waals surface area contributed by atoms with Crippen LogP contribution in [0.4, 0.5) is 0 Å². The molecule has 0 saturated heterocycles. The van der Waals surface area contributed by atoms with Gasteiger partial charge in [0.2, 0.25) is 5.91 Å². The van der Waals surface area contributed by atoms with Crippen molar-refractivity contribution in [1.82, 2.24) is 5.32 Å². The third-order valence-electron chi connectivity index (χ3n) is 4.50. The molecule has 0 radical (unpaired) electrons. The third-order valence-corrected chi connectivity index (χ3v) is 4.50. The molecule has 4 atom stereocenters. The quantitative estimate of drug-likeness (QED) is 0.745. The number of aliphatic hydroxyl groups is 1. The first-order chi connectivity index (χ1) is 10.6. The second kappa shape index (κ2) is 9.91. The number of nitrogens with one attached hydrogen (secondary N) is 1. The van der Waals surface area contributed by atoms with E-state index in [4.69, 9.17) is 5.73 Å². The molecule has 1 amide bonds. The van der Waals surface area contributed by atoms with Gasteiger partial charge in [0.25, 0.3) is 0 Å². The number of hydrogen-bond donors (Lipinski definition) is 3. The number of aliphatic hydroxyl groups excluding tert-OH is 1. The largest absolute Gasteiger partial charge is 0.393 e. The summed E-state index contributed by atoms with van der Waals surface area (Å²) in [4.78, 5) is 12.3. The van der Waals surface area contributed by atoms with Crippen LogP contribution in [0.25, 0.3) is 0 Å². The molecule has 1 aromatic rings. The maximum absolute atomic E-state index is 12.3. The van der Waals surface area contributed by atoms with Crippen molar-refractivity contribution in [1.29, 1.82) is 0 Å². The number of amides is 1. The number of carbonyl (C=O) groups excluding carboxylic acids is 1. The van der Waals surface area contributed by atoms with Gasteiger partial charge in [-0.05, 0) is 38.2 Å². The highest BCUT2D eigenvalue weighted by atomic mass is 35.5. The van der Waals surface area contributed by atoms with Crippen LogP contribution in [0.2, 0.25) is 0 Å². The summed E-state index contributed by atoms with van der Waals surface area (Å²) in [6.07, 6.45) is 4.05. The number of rotatable bonds is 6. The van der Waals surface area contributed by atoms with Crippen molar-refractivity contribution >= 4 is 18.3 Å². The van der Waals surface area contributed by atoms with E-state index in [-0.39, 0.29) is 42.3 Å². The second-order valence-electron chi connectivity index (χ2n) is 6.56. The molecule has 0 bridgehead atoms. The van der Waals surface area contributed by atoms with Crippen LogP contribution in [0.5, 0.6) is 0 Å². The molecule has 1 fully saturated rings. The van der Waals surface area contributed by atoms with E-state index in [1.807, 2.05) is 18.2 Å². The lowest BCUT2D eigenvalue weighted by Gasteiger charge is -2.27. The van der Waals surface area contributed by atoms with E-state index in [0.29, 0.717) is 13.0 Å². The molecule has 0 aliphatic heterocycles. The molecule has 23 heavy (non-hydrogen) atoms. The van der Waals surface area contributed by atoms with Gasteiger partial charge >= 0.3 is 0 Å². The Hall–Kier alpha value is -1.10. The molecule has 4 nitrogen and oxygen atoms in total. The molecule has 1 aliphatic rings. The van der Waals surface area contributed by atoms with Gasteiger partial charge in [-0.2, -0.15) is 0 Å². The highest BCUT2D eigenvalue weighted by Gasteiger charge is 2.26. The second-order valence-corrected chi connectivity index (χ2v) is 6.56. The summed E-state index contributed by atoms with van der Waals surface area (Å²) in [6.45, 7) is 2.36. The van der Waals surface area contributed by atoms with Gasteiger partial charge in [0.1, 0.15) is 0 Å². The van der Waals surface area contributed by atoms with Crippen LogP contribution >= 0.6 is 12.4 Å². The summed E-state index contributed by atoms with van der Waals surface area (Å²) in [6, 6.07) is 10.2. The van der Waals surface area contributed by atoms with Crippen molar-refractivity contribution in [3.05, 3.63) is 35.9 Å². The zero-order chi connectivity index (χ0) is 15.9. The summed E-state index contributed by atoms with van der Waals surface area (Å²) in [5.41, 5.74) is 7.12. The fraction of sp³-hybridized carbons (Fsp3) is 0.611. The van der Waals surface area contributed by atoms with Crippen LogP contribution < -0.4 is 11.1 Å². The fourth-order valence-corrected chi connectivity index (χ4v) is 3.31. The van der Waals surface area contributed by atoms with Crippen molar-refractivity contribution in [3.63, 3.8) is 0 Å². The van der Waals surface area contributed by atoms with Crippen LogP contribution in [0.3, 0.4) is 0 Å². The predicted molar refractivity (Wildman–Crippen MR) is 95.7 cm³/mol. The van der Waals surface area contributed by atoms with Crippen LogP contribution in [0.15, 0.2) is 30.3 Å². The van der Waals surface area contributed by atoms with Crippen LogP contribution in [-0.4, -0.2) is 29.7 Å².